The molecule has 0 bridgehead atoms. The number of halogens is 2. The van der Waals surface area contributed by atoms with Crippen molar-refractivity contribution in [2.24, 2.45) is 0 Å². The third-order valence-electron chi connectivity index (χ3n) is 12.6. The van der Waals surface area contributed by atoms with Gasteiger partial charge in [0.2, 0.25) is 0 Å². The molecule has 2 N–H and O–H groups in total. The molecule has 8 rings (SSSR count). The summed E-state index contributed by atoms with van der Waals surface area (Å²) in [4.78, 5) is 89.9. The van der Waals surface area contributed by atoms with Crippen molar-refractivity contribution in [3.63, 3.8) is 0 Å². The number of amides is 4. The highest BCUT2D eigenvalue weighted by atomic mass is 19.1. The second-order valence-electron chi connectivity index (χ2n) is 19.1. The predicted octanol–water partition coefficient (Wildman–Crippen LogP) is 10.2. The van der Waals surface area contributed by atoms with Crippen molar-refractivity contribution < 1.29 is 56.5 Å². The Morgan fingerprint density at radius 2 is 0.946 bits per heavy atom. The Kier molecular flexibility index (Phi) is 15.8. The standard InChI is InChI=1S/C29H32FN3O5.C27H28FN3O5/c1-6-32(7-2)28(36)38-20-13-14-21-23(15-20)31-25-22(27(35)37-8-3)16-33(17-29(4,5)24(21)25)26(34)18-9-11-19(30)12-10-18;1-6-35-25(33)20-14-31(24(32)16-7-9-17(28)10-8-16)15-27(2,3)22-19-12-11-18(36-26(34)30(4)5)13-21(19)29-23(20)22/h9-16,31H,6-8,17H2,1-5H3;7-14,29H,6,15H2,1-5H3. The van der Waals surface area contributed by atoms with Gasteiger partial charge in [-0.2, -0.15) is 0 Å². The highest BCUT2D eigenvalue weighted by Crippen LogP contribution is 2.43. The number of hydrogen-bond acceptors (Lipinski definition) is 10. The maximum atomic E-state index is 13.5. The molecular formula is C56H60F2N6O10. The van der Waals surface area contributed by atoms with Crippen LogP contribution < -0.4 is 9.47 Å². The van der Waals surface area contributed by atoms with Gasteiger partial charge in [-0.25, -0.2) is 28.0 Å². The monoisotopic (exact) mass is 1010 g/mol. The molecule has 6 aromatic rings. The van der Waals surface area contributed by atoms with E-state index < -0.39 is 46.6 Å². The minimum atomic E-state index is -0.604. The largest absolute Gasteiger partial charge is 0.462 e. The van der Waals surface area contributed by atoms with E-state index in [1.165, 1.54) is 75.6 Å². The number of fused-ring (bicyclic) bond motifs is 6. The smallest absolute Gasteiger partial charge is 0.415 e. The third-order valence-corrected chi connectivity index (χ3v) is 12.6. The molecule has 0 aliphatic carbocycles. The van der Waals surface area contributed by atoms with Crippen LogP contribution in [0, 0.1) is 11.6 Å². The number of hydrogen-bond donors (Lipinski definition) is 2. The van der Waals surface area contributed by atoms with Crippen molar-refractivity contribution in [3.05, 3.63) is 143 Å². The van der Waals surface area contributed by atoms with E-state index >= 15 is 0 Å². The molecule has 0 unspecified atom stereocenters. The number of esters is 2. The highest BCUT2D eigenvalue weighted by Gasteiger charge is 2.39. The fourth-order valence-corrected chi connectivity index (χ4v) is 9.18. The second kappa shape index (κ2) is 21.8. The maximum Gasteiger partial charge on any atom is 0.415 e. The zero-order valence-electron chi connectivity index (χ0n) is 43.1. The van der Waals surface area contributed by atoms with Crippen LogP contribution >= 0.6 is 0 Å². The van der Waals surface area contributed by atoms with Crippen LogP contribution in [-0.2, 0) is 29.9 Å². The lowest BCUT2D eigenvalue weighted by molar-refractivity contribution is -0.137. The Balaban J connectivity index is 0.000000217. The van der Waals surface area contributed by atoms with Crippen molar-refractivity contribution in [3.8, 4) is 11.5 Å². The summed E-state index contributed by atoms with van der Waals surface area (Å²) in [5, 5.41) is 1.66. The summed E-state index contributed by atoms with van der Waals surface area (Å²) in [6, 6.07) is 21.1. The van der Waals surface area contributed by atoms with Gasteiger partial charge in [0, 0.05) is 109 Å². The zero-order chi connectivity index (χ0) is 53.8. The van der Waals surface area contributed by atoms with Crippen molar-refractivity contribution in [2.75, 3.05) is 53.5 Å². The number of carbonyl (C=O) groups is 6. The Morgan fingerprint density at radius 1 is 0.568 bits per heavy atom. The molecule has 0 saturated carbocycles. The SMILES string of the molecule is CCOC(=O)C1=CN(C(=O)c2ccc(F)cc2)CC(C)(C)c2c1[nH]c1cc(OC(=O)N(C)C)ccc21.CCOC(=O)C1=CN(C(=O)c2ccc(F)cc2)CC(C)(C)c2c1[nH]c1cc(OC(=O)N(CC)CC)ccc21. The lowest BCUT2D eigenvalue weighted by atomic mass is 9.81. The van der Waals surface area contributed by atoms with E-state index in [4.69, 9.17) is 18.9 Å². The molecule has 2 aliphatic rings. The summed E-state index contributed by atoms with van der Waals surface area (Å²) >= 11 is 0. The predicted molar refractivity (Wildman–Crippen MR) is 275 cm³/mol. The van der Waals surface area contributed by atoms with Gasteiger partial charge < -0.3 is 48.5 Å². The van der Waals surface area contributed by atoms with E-state index in [0.29, 0.717) is 58.1 Å². The summed E-state index contributed by atoms with van der Waals surface area (Å²) in [5.41, 5.74) is 3.86. The number of ether oxygens (including phenoxy) is 4. The number of H-pyrrole nitrogens is 2. The summed E-state index contributed by atoms with van der Waals surface area (Å²) in [6.45, 7) is 17.0. The van der Waals surface area contributed by atoms with Crippen LogP contribution in [0.1, 0.15) is 98.6 Å². The number of carbonyl (C=O) groups excluding carboxylic acids is 6. The molecule has 0 spiro atoms. The summed E-state index contributed by atoms with van der Waals surface area (Å²) < 4.78 is 48.5. The number of nitrogens with zero attached hydrogens (tertiary/aromatic N) is 4. The zero-order valence-corrected chi connectivity index (χ0v) is 43.1. The summed E-state index contributed by atoms with van der Waals surface area (Å²) in [7, 11) is 3.19. The van der Waals surface area contributed by atoms with Crippen LogP contribution in [0.3, 0.4) is 0 Å². The van der Waals surface area contributed by atoms with Crippen molar-refractivity contribution >= 4 is 68.9 Å². The van der Waals surface area contributed by atoms with Crippen LogP contribution in [0.4, 0.5) is 18.4 Å². The van der Waals surface area contributed by atoms with Crippen molar-refractivity contribution in [1.82, 2.24) is 29.6 Å². The molecule has 0 radical (unpaired) electrons. The first-order chi connectivity index (χ1) is 35.1. The van der Waals surface area contributed by atoms with Crippen LogP contribution in [0.15, 0.2) is 97.3 Å². The molecule has 4 amide bonds. The molecule has 4 aromatic carbocycles. The van der Waals surface area contributed by atoms with Crippen LogP contribution in [0.5, 0.6) is 11.5 Å². The van der Waals surface area contributed by atoms with Gasteiger partial charge in [0.25, 0.3) is 11.8 Å². The van der Waals surface area contributed by atoms with Gasteiger partial charge in [-0.3, -0.25) is 9.59 Å². The second-order valence-corrected chi connectivity index (χ2v) is 19.1. The molecule has 2 aliphatic heterocycles. The molecule has 2 aromatic heterocycles. The van der Waals surface area contributed by atoms with E-state index in [-0.39, 0.29) is 49.3 Å². The third kappa shape index (κ3) is 11.2. The topological polar surface area (TPSA) is 184 Å². The number of aromatic nitrogens is 2. The Labute approximate surface area is 427 Å². The van der Waals surface area contributed by atoms with Gasteiger partial charge in [0.1, 0.15) is 23.1 Å². The van der Waals surface area contributed by atoms with E-state index in [1.807, 2.05) is 53.7 Å². The lowest BCUT2D eigenvalue weighted by Crippen LogP contribution is -2.37. The van der Waals surface area contributed by atoms with Gasteiger partial charge in [0.05, 0.1) is 35.7 Å². The first-order valence-electron chi connectivity index (χ1n) is 24.2. The number of benzene rings is 4. The van der Waals surface area contributed by atoms with Crippen LogP contribution in [0.25, 0.3) is 33.0 Å². The molecular weight excluding hydrogens is 955 g/mol. The number of nitrogens with one attached hydrogen (secondary N) is 2. The number of rotatable bonds is 10. The Morgan fingerprint density at radius 3 is 1.30 bits per heavy atom. The molecule has 0 fully saturated rings. The Bertz CT molecular complexity index is 3200. The van der Waals surface area contributed by atoms with Gasteiger partial charge in [-0.05, 0) is 112 Å². The maximum absolute atomic E-state index is 13.5. The van der Waals surface area contributed by atoms with Gasteiger partial charge in [-0.1, -0.05) is 27.7 Å². The molecule has 18 heteroatoms. The van der Waals surface area contributed by atoms with E-state index in [9.17, 15) is 37.5 Å². The molecule has 0 atom stereocenters. The van der Waals surface area contributed by atoms with Crippen molar-refractivity contribution in [2.45, 2.75) is 66.2 Å². The average Bonchev–Trinajstić information content (AvgIpc) is 3.87. The molecule has 16 nitrogen and oxygen atoms in total. The lowest BCUT2D eigenvalue weighted by Gasteiger charge is -2.29. The number of aromatic amines is 2. The summed E-state index contributed by atoms with van der Waals surface area (Å²) in [5.74, 6) is -2.05. The fraction of sp³-hybridized carbons (Fsp3) is 0.321. The molecule has 74 heavy (non-hydrogen) atoms. The van der Waals surface area contributed by atoms with Gasteiger partial charge in [-0.15, -0.1) is 0 Å². The fourth-order valence-electron chi connectivity index (χ4n) is 9.18. The highest BCUT2D eigenvalue weighted by molar-refractivity contribution is 6.19. The van der Waals surface area contributed by atoms with E-state index in [1.54, 1.807) is 57.1 Å². The average molecular weight is 1020 g/mol. The molecule has 0 saturated heterocycles. The first-order valence-corrected chi connectivity index (χ1v) is 24.2. The van der Waals surface area contributed by atoms with Gasteiger partial charge >= 0.3 is 24.1 Å². The molecule has 388 valence electrons. The van der Waals surface area contributed by atoms with E-state index in [2.05, 4.69) is 9.97 Å². The summed E-state index contributed by atoms with van der Waals surface area (Å²) in [6.07, 6.45) is 2.03. The minimum absolute atomic E-state index is 0.158. The normalized spacial score (nSPS) is 14.4. The van der Waals surface area contributed by atoms with Gasteiger partial charge in [0.15, 0.2) is 0 Å². The quantitative estimate of drug-likeness (QED) is 0.125. The molecule has 4 heterocycles. The Hall–Kier alpha value is -8.28. The van der Waals surface area contributed by atoms with Crippen molar-refractivity contribution in [1.29, 1.82) is 0 Å². The minimum Gasteiger partial charge on any atom is -0.462 e. The van der Waals surface area contributed by atoms with E-state index in [0.717, 1.165) is 21.9 Å². The first kappa shape index (κ1) is 53.5. The van der Waals surface area contributed by atoms with Crippen LogP contribution in [-0.4, -0.2) is 119 Å². The van der Waals surface area contributed by atoms with Crippen LogP contribution in [0.2, 0.25) is 0 Å².